The Bertz CT molecular complexity index is 693. The number of nitrogens with one attached hydrogen (secondary N) is 1. The van der Waals surface area contributed by atoms with E-state index in [9.17, 15) is 4.79 Å². The minimum absolute atomic E-state index is 0.314. The zero-order valence-corrected chi connectivity index (χ0v) is 11.7. The fraction of sp³-hybridized carbons (Fsp3) is 0.400. The Kier molecular flexibility index (Phi) is 3.36. The number of anilines is 1. The van der Waals surface area contributed by atoms with Crippen LogP contribution in [0.5, 0.6) is 0 Å². The Hall–Kier alpha value is -2.01. The van der Waals surface area contributed by atoms with Crippen molar-refractivity contribution in [3.8, 4) is 0 Å². The maximum absolute atomic E-state index is 12.0. The van der Waals surface area contributed by atoms with E-state index >= 15 is 0 Å². The molecule has 1 aliphatic rings. The summed E-state index contributed by atoms with van der Waals surface area (Å²) in [6.45, 7) is 10.1. The zero-order chi connectivity index (χ0) is 14.1. The fourth-order valence-electron chi connectivity index (χ4n) is 2.68. The number of fused-ring (bicyclic) bond motifs is 1. The zero-order valence-electron chi connectivity index (χ0n) is 11.7. The van der Waals surface area contributed by atoms with E-state index in [-0.39, 0.29) is 5.76 Å². The first-order chi connectivity index (χ1) is 9.66. The summed E-state index contributed by atoms with van der Waals surface area (Å²) >= 11 is 0. The molecule has 20 heavy (non-hydrogen) atoms. The molecule has 3 rings (SSSR count). The fourth-order valence-corrected chi connectivity index (χ4v) is 2.68. The van der Waals surface area contributed by atoms with Crippen LogP contribution in [0.2, 0.25) is 0 Å². The van der Waals surface area contributed by atoms with Crippen molar-refractivity contribution >= 4 is 16.8 Å². The Morgan fingerprint density at radius 3 is 2.85 bits per heavy atom. The van der Waals surface area contributed by atoms with Crippen LogP contribution in [0.4, 0.5) is 5.69 Å². The van der Waals surface area contributed by atoms with Crippen molar-refractivity contribution < 1.29 is 4.42 Å². The molecule has 0 radical (unpaired) electrons. The summed E-state index contributed by atoms with van der Waals surface area (Å²) in [7, 11) is 0. The number of hydrogen-bond acceptors (Lipinski definition) is 4. The molecule has 0 amide bonds. The van der Waals surface area contributed by atoms with E-state index in [1.54, 1.807) is 4.57 Å². The van der Waals surface area contributed by atoms with Gasteiger partial charge in [0, 0.05) is 32.7 Å². The average Bonchev–Trinajstić information content (AvgIpc) is 2.75. The van der Waals surface area contributed by atoms with Crippen LogP contribution in [-0.4, -0.2) is 30.7 Å². The van der Waals surface area contributed by atoms with Crippen LogP contribution < -0.4 is 16.0 Å². The number of para-hydroxylation sites is 1. The first-order valence-electron chi connectivity index (χ1n) is 6.89. The van der Waals surface area contributed by atoms with Crippen molar-refractivity contribution in [1.29, 1.82) is 0 Å². The van der Waals surface area contributed by atoms with E-state index in [0.29, 0.717) is 12.1 Å². The summed E-state index contributed by atoms with van der Waals surface area (Å²) in [6.07, 6.45) is 0. The van der Waals surface area contributed by atoms with Crippen LogP contribution in [-0.2, 0) is 6.54 Å². The highest BCUT2D eigenvalue weighted by Crippen LogP contribution is 2.27. The van der Waals surface area contributed by atoms with Crippen LogP contribution in [0.3, 0.4) is 0 Å². The molecular weight excluding hydrogens is 254 g/mol. The smallest absolute Gasteiger partial charge is 0.408 e. The van der Waals surface area contributed by atoms with E-state index in [0.717, 1.165) is 43.0 Å². The molecule has 1 aliphatic heterocycles. The number of piperazine rings is 1. The Labute approximate surface area is 117 Å². The third-order valence-corrected chi connectivity index (χ3v) is 3.55. The second kappa shape index (κ2) is 5.17. The molecule has 0 saturated carbocycles. The molecule has 1 aromatic heterocycles. The van der Waals surface area contributed by atoms with Gasteiger partial charge in [-0.3, -0.25) is 4.57 Å². The van der Waals surface area contributed by atoms with Crippen LogP contribution in [0, 0.1) is 0 Å². The van der Waals surface area contributed by atoms with Gasteiger partial charge < -0.3 is 14.6 Å². The lowest BCUT2D eigenvalue weighted by atomic mass is 10.2. The summed E-state index contributed by atoms with van der Waals surface area (Å²) in [5, 5.41) is 3.34. The SMILES string of the molecule is C=C(C)Cn1c(=O)oc2cccc(N3CCNCC3)c21. The third-order valence-electron chi connectivity index (χ3n) is 3.55. The van der Waals surface area contributed by atoms with E-state index in [1.165, 1.54) is 0 Å². The van der Waals surface area contributed by atoms with Crippen LogP contribution in [0.25, 0.3) is 11.1 Å². The molecule has 1 saturated heterocycles. The Balaban J connectivity index is 2.15. The molecule has 0 atom stereocenters. The molecule has 0 bridgehead atoms. The minimum atomic E-state index is -0.314. The molecule has 5 nitrogen and oxygen atoms in total. The predicted molar refractivity (Wildman–Crippen MR) is 80.4 cm³/mol. The lowest BCUT2D eigenvalue weighted by Gasteiger charge is -2.30. The molecule has 5 heteroatoms. The number of hydrogen-bond donors (Lipinski definition) is 1. The summed E-state index contributed by atoms with van der Waals surface area (Å²) in [5.74, 6) is -0.314. The third kappa shape index (κ3) is 2.25. The van der Waals surface area contributed by atoms with E-state index in [1.807, 2.05) is 19.1 Å². The van der Waals surface area contributed by atoms with Crippen molar-refractivity contribution in [2.75, 3.05) is 31.1 Å². The van der Waals surface area contributed by atoms with Gasteiger partial charge in [0.05, 0.1) is 5.69 Å². The topological polar surface area (TPSA) is 50.4 Å². The van der Waals surface area contributed by atoms with Gasteiger partial charge in [-0.1, -0.05) is 18.2 Å². The normalized spacial score (nSPS) is 15.8. The molecule has 0 aliphatic carbocycles. The summed E-state index contributed by atoms with van der Waals surface area (Å²) in [5.41, 5.74) is 3.52. The van der Waals surface area contributed by atoms with Crippen LogP contribution in [0.15, 0.2) is 39.6 Å². The molecule has 1 N–H and O–H groups in total. The molecule has 1 aromatic carbocycles. The lowest BCUT2D eigenvalue weighted by Crippen LogP contribution is -2.43. The van der Waals surface area contributed by atoms with Gasteiger partial charge in [0.25, 0.3) is 0 Å². The van der Waals surface area contributed by atoms with Crippen molar-refractivity contribution in [3.05, 3.63) is 40.9 Å². The first-order valence-corrected chi connectivity index (χ1v) is 6.89. The quantitative estimate of drug-likeness (QED) is 0.863. The highest BCUT2D eigenvalue weighted by atomic mass is 16.4. The maximum atomic E-state index is 12.0. The van der Waals surface area contributed by atoms with Crippen molar-refractivity contribution in [3.63, 3.8) is 0 Å². The van der Waals surface area contributed by atoms with Gasteiger partial charge >= 0.3 is 5.76 Å². The number of aromatic nitrogens is 1. The van der Waals surface area contributed by atoms with E-state index < -0.39 is 0 Å². The van der Waals surface area contributed by atoms with Gasteiger partial charge in [-0.2, -0.15) is 0 Å². The number of rotatable bonds is 3. The maximum Gasteiger partial charge on any atom is 0.420 e. The largest absolute Gasteiger partial charge is 0.420 e. The minimum Gasteiger partial charge on any atom is -0.408 e. The van der Waals surface area contributed by atoms with Gasteiger partial charge in [0.1, 0.15) is 5.52 Å². The number of nitrogens with zero attached hydrogens (tertiary/aromatic N) is 2. The van der Waals surface area contributed by atoms with E-state index in [4.69, 9.17) is 4.42 Å². The highest BCUT2D eigenvalue weighted by molar-refractivity contribution is 5.88. The van der Waals surface area contributed by atoms with Gasteiger partial charge in [-0.05, 0) is 19.1 Å². The second-order valence-electron chi connectivity index (χ2n) is 5.27. The summed E-state index contributed by atoms with van der Waals surface area (Å²) in [6, 6.07) is 5.84. The number of allylic oxidation sites excluding steroid dienone is 1. The van der Waals surface area contributed by atoms with Gasteiger partial charge in [-0.25, -0.2) is 4.79 Å². The average molecular weight is 273 g/mol. The summed E-state index contributed by atoms with van der Waals surface area (Å²) < 4.78 is 7.03. The van der Waals surface area contributed by atoms with Crippen LogP contribution >= 0.6 is 0 Å². The molecule has 2 aromatic rings. The monoisotopic (exact) mass is 273 g/mol. The van der Waals surface area contributed by atoms with Gasteiger partial charge in [0.2, 0.25) is 0 Å². The predicted octanol–water partition coefficient (Wildman–Crippen LogP) is 1.58. The lowest BCUT2D eigenvalue weighted by molar-refractivity contribution is 0.516. The number of benzene rings is 1. The Morgan fingerprint density at radius 1 is 1.40 bits per heavy atom. The van der Waals surface area contributed by atoms with Crippen LogP contribution in [0.1, 0.15) is 6.92 Å². The molecule has 0 spiro atoms. The second-order valence-corrected chi connectivity index (χ2v) is 5.27. The first kappa shape index (κ1) is 13.0. The number of oxazole rings is 1. The van der Waals surface area contributed by atoms with Crippen molar-refractivity contribution in [1.82, 2.24) is 9.88 Å². The van der Waals surface area contributed by atoms with Crippen molar-refractivity contribution in [2.24, 2.45) is 0 Å². The highest BCUT2D eigenvalue weighted by Gasteiger charge is 2.18. The van der Waals surface area contributed by atoms with E-state index in [2.05, 4.69) is 22.9 Å². The molecular formula is C15H19N3O2. The van der Waals surface area contributed by atoms with Gasteiger partial charge in [-0.15, -0.1) is 0 Å². The van der Waals surface area contributed by atoms with Gasteiger partial charge in [0.15, 0.2) is 5.58 Å². The molecule has 0 unspecified atom stereocenters. The van der Waals surface area contributed by atoms with Crippen molar-refractivity contribution in [2.45, 2.75) is 13.5 Å². The summed E-state index contributed by atoms with van der Waals surface area (Å²) in [4.78, 5) is 14.3. The Morgan fingerprint density at radius 2 is 2.15 bits per heavy atom. The molecule has 106 valence electrons. The molecule has 1 fully saturated rings. The molecule has 2 heterocycles. The standard InChI is InChI=1S/C15H19N3O2/c1-11(2)10-18-14-12(17-8-6-16-7-9-17)4-3-5-13(14)20-15(18)19/h3-5,16H,1,6-10H2,2H3.